The van der Waals surface area contributed by atoms with Gasteiger partial charge in [0.15, 0.2) is 5.13 Å². The van der Waals surface area contributed by atoms with Crippen molar-refractivity contribution in [1.82, 2.24) is 4.98 Å². The number of nitrogens with one attached hydrogen (secondary N) is 1. The van der Waals surface area contributed by atoms with Crippen LogP contribution in [-0.4, -0.2) is 30.7 Å². The summed E-state index contributed by atoms with van der Waals surface area (Å²) in [5, 5.41) is 3.36. The maximum Gasteiger partial charge on any atom is 0.252 e. The number of hydrogen-bond acceptors (Lipinski definition) is 5. The summed E-state index contributed by atoms with van der Waals surface area (Å²) in [7, 11) is 0. The molecule has 1 aromatic heterocycles. The van der Waals surface area contributed by atoms with Crippen molar-refractivity contribution in [3.63, 3.8) is 0 Å². The lowest BCUT2D eigenvalue weighted by Gasteiger charge is -2.08. The molecule has 16 heavy (non-hydrogen) atoms. The number of ether oxygens (including phenoxy) is 2. The van der Waals surface area contributed by atoms with Gasteiger partial charge < -0.3 is 9.47 Å². The van der Waals surface area contributed by atoms with Crippen LogP contribution in [0.2, 0.25) is 0 Å². The minimum atomic E-state index is -0.158. The van der Waals surface area contributed by atoms with Crippen molar-refractivity contribution >= 4 is 22.4 Å². The number of aromatic nitrogens is 1. The molecule has 0 aliphatic carbocycles. The van der Waals surface area contributed by atoms with E-state index in [2.05, 4.69) is 10.3 Å². The number of thiazole rings is 1. The quantitative estimate of drug-likeness (QED) is 0.861. The van der Waals surface area contributed by atoms with Crippen LogP contribution in [0.25, 0.3) is 0 Å². The summed E-state index contributed by atoms with van der Waals surface area (Å²) in [5.74, 6) is -0.158. The molecule has 0 unspecified atom stereocenters. The third-order valence-electron chi connectivity index (χ3n) is 2.18. The topological polar surface area (TPSA) is 60.5 Å². The van der Waals surface area contributed by atoms with Gasteiger partial charge in [0.1, 0.15) is 6.61 Å². The van der Waals surface area contributed by atoms with Crippen LogP contribution < -0.4 is 5.32 Å². The van der Waals surface area contributed by atoms with Crippen molar-refractivity contribution < 1.29 is 14.3 Å². The average molecular weight is 242 g/mol. The van der Waals surface area contributed by atoms with E-state index in [1.807, 2.05) is 6.92 Å². The molecule has 2 heterocycles. The predicted octanol–water partition coefficient (Wildman–Crippen LogP) is 1.19. The highest BCUT2D eigenvalue weighted by atomic mass is 32.1. The smallest absolute Gasteiger partial charge is 0.252 e. The molecule has 0 atom stereocenters. The summed E-state index contributed by atoms with van der Waals surface area (Å²) in [6.07, 6.45) is 0.827. The zero-order valence-corrected chi connectivity index (χ0v) is 9.93. The number of fused-ring (bicyclic) bond motifs is 1. The number of amides is 1. The Kier molecular flexibility index (Phi) is 3.87. The van der Waals surface area contributed by atoms with Gasteiger partial charge >= 0.3 is 0 Å². The van der Waals surface area contributed by atoms with Crippen molar-refractivity contribution in [2.75, 3.05) is 25.1 Å². The Bertz CT molecular complexity index is 355. The molecule has 1 aliphatic rings. The summed E-state index contributed by atoms with van der Waals surface area (Å²) in [4.78, 5) is 16.8. The van der Waals surface area contributed by atoms with Crippen LogP contribution in [0.4, 0.5) is 5.13 Å². The highest BCUT2D eigenvalue weighted by Crippen LogP contribution is 2.26. The van der Waals surface area contributed by atoms with Crippen LogP contribution >= 0.6 is 11.3 Å². The highest BCUT2D eigenvalue weighted by Gasteiger charge is 2.16. The molecule has 1 aromatic rings. The number of carbonyl (C=O) groups excluding carboxylic acids is 1. The minimum Gasteiger partial charge on any atom is -0.375 e. The van der Waals surface area contributed by atoms with E-state index in [1.165, 1.54) is 11.3 Å². The summed E-state index contributed by atoms with van der Waals surface area (Å²) in [6, 6.07) is 0. The lowest BCUT2D eigenvalue weighted by atomic mass is 10.2. The third-order valence-corrected chi connectivity index (χ3v) is 3.16. The van der Waals surface area contributed by atoms with E-state index < -0.39 is 0 Å². The second-order valence-electron chi connectivity index (χ2n) is 3.38. The summed E-state index contributed by atoms with van der Waals surface area (Å²) in [5.41, 5.74) is 1.04. The van der Waals surface area contributed by atoms with Crippen LogP contribution in [0.1, 0.15) is 17.5 Å². The molecule has 0 saturated heterocycles. The number of carbonyl (C=O) groups is 1. The van der Waals surface area contributed by atoms with Crippen molar-refractivity contribution in [1.29, 1.82) is 0 Å². The third kappa shape index (κ3) is 2.78. The standard InChI is InChI=1S/C10H14N2O3S/c1-2-14-6-9(13)12-10-11-7-3-4-15-5-8(7)16-10/h2-6H2,1H3,(H,11,12,13). The molecule has 0 spiro atoms. The second-order valence-corrected chi connectivity index (χ2v) is 4.46. The van der Waals surface area contributed by atoms with Gasteiger partial charge in [-0.1, -0.05) is 11.3 Å². The lowest BCUT2D eigenvalue weighted by molar-refractivity contribution is -0.120. The first-order valence-corrected chi connectivity index (χ1v) is 6.05. The van der Waals surface area contributed by atoms with Gasteiger partial charge in [0, 0.05) is 13.0 Å². The Hall–Kier alpha value is -0.980. The van der Waals surface area contributed by atoms with E-state index in [1.54, 1.807) is 0 Å². The monoisotopic (exact) mass is 242 g/mol. The molecule has 88 valence electrons. The summed E-state index contributed by atoms with van der Waals surface area (Å²) >= 11 is 1.47. The van der Waals surface area contributed by atoms with Gasteiger partial charge in [-0.05, 0) is 6.92 Å². The fourth-order valence-corrected chi connectivity index (χ4v) is 2.39. The zero-order chi connectivity index (χ0) is 11.4. The molecule has 5 nitrogen and oxygen atoms in total. The molecule has 0 fully saturated rings. The first kappa shape index (κ1) is 11.5. The molecule has 0 bridgehead atoms. The van der Waals surface area contributed by atoms with Crippen LogP contribution in [0.3, 0.4) is 0 Å². The fourth-order valence-electron chi connectivity index (χ4n) is 1.43. The zero-order valence-electron chi connectivity index (χ0n) is 9.12. The number of nitrogens with zero attached hydrogens (tertiary/aromatic N) is 1. The van der Waals surface area contributed by atoms with E-state index in [4.69, 9.17) is 9.47 Å². The maximum atomic E-state index is 11.4. The SMILES string of the molecule is CCOCC(=O)Nc1nc2c(s1)COCC2. The van der Waals surface area contributed by atoms with Crippen LogP contribution in [-0.2, 0) is 27.3 Å². The minimum absolute atomic E-state index is 0.0806. The van der Waals surface area contributed by atoms with Gasteiger partial charge in [0.2, 0.25) is 0 Å². The first-order chi connectivity index (χ1) is 7.79. The van der Waals surface area contributed by atoms with E-state index in [0.29, 0.717) is 25.0 Å². The molecule has 1 N–H and O–H groups in total. The predicted molar refractivity (Wildman–Crippen MR) is 60.6 cm³/mol. The Morgan fingerprint density at radius 2 is 2.56 bits per heavy atom. The second kappa shape index (κ2) is 5.38. The van der Waals surface area contributed by atoms with E-state index in [0.717, 1.165) is 17.0 Å². The van der Waals surface area contributed by atoms with Crippen LogP contribution in [0, 0.1) is 0 Å². The summed E-state index contributed by atoms with van der Waals surface area (Å²) < 4.78 is 10.3. The highest BCUT2D eigenvalue weighted by molar-refractivity contribution is 7.15. The van der Waals surface area contributed by atoms with Gasteiger partial charge in [-0.3, -0.25) is 10.1 Å². The van der Waals surface area contributed by atoms with Gasteiger partial charge in [-0.25, -0.2) is 4.98 Å². The molecule has 0 saturated carbocycles. The molecule has 1 aliphatic heterocycles. The Morgan fingerprint density at radius 1 is 1.69 bits per heavy atom. The van der Waals surface area contributed by atoms with E-state index in [9.17, 15) is 4.79 Å². The van der Waals surface area contributed by atoms with Crippen LogP contribution in [0.5, 0.6) is 0 Å². The van der Waals surface area contributed by atoms with Crippen LogP contribution in [0.15, 0.2) is 0 Å². The van der Waals surface area contributed by atoms with Gasteiger partial charge in [0.05, 0.1) is 23.8 Å². The van der Waals surface area contributed by atoms with E-state index >= 15 is 0 Å². The largest absolute Gasteiger partial charge is 0.375 e. The van der Waals surface area contributed by atoms with Crippen molar-refractivity contribution in [2.45, 2.75) is 20.0 Å². The fraction of sp³-hybridized carbons (Fsp3) is 0.600. The molecular weight excluding hydrogens is 228 g/mol. The number of hydrogen-bond donors (Lipinski definition) is 1. The van der Waals surface area contributed by atoms with Crippen molar-refractivity contribution in [3.05, 3.63) is 10.6 Å². The first-order valence-electron chi connectivity index (χ1n) is 5.23. The van der Waals surface area contributed by atoms with Gasteiger partial charge in [-0.15, -0.1) is 0 Å². The van der Waals surface area contributed by atoms with Crippen molar-refractivity contribution in [3.8, 4) is 0 Å². The Morgan fingerprint density at radius 3 is 3.31 bits per heavy atom. The molecule has 2 rings (SSSR count). The normalized spacial score (nSPS) is 14.6. The number of anilines is 1. The Balaban J connectivity index is 1.94. The van der Waals surface area contributed by atoms with Gasteiger partial charge in [-0.2, -0.15) is 0 Å². The van der Waals surface area contributed by atoms with Crippen molar-refractivity contribution in [2.24, 2.45) is 0 Å². The lowest BCUT2D eigenvalue weighted by Crippen LogP contribution is -2.18. The molecule has 0 aromatic carbocycles. The van der Waals surface area contributed by atoms with Gasteiger partial charge in [0.25, 0.3) is 5.91 Å². The molecular formula is C10H14N2O3S. The number of rotatable bonds is 4. The summed E-state index contributed by atoms with van der Waals surface area (Å²) in [6.45, 7) is 3.79. The molecule has 6 heteroatoms. The Labute approximate surface area is 97.8 Å². The molecule has 0 radical (unpaired) electrons. The van der Waals surface area contributed by atoms with E-state index in [-0.39, 0.29) is 12.5 Å². The molecule has 1 amide bonds. The maximum absolute atomic E-state index is 11.4. The average Bonchev–Trinajstić information content (AvgIpc) is 2.68.